The fourth-order valence-corrected chi connectivity index (χ4v) is 2.71. The predicted octanol–water partition coefficient (Wildman–Crippen LogP) is 2.38. The smallest absolute Gasteiger partial charge is 0.155 e. The zero-order valence-electron chi connectivity index (χ0n) is 11.7. The molecule has 0 saturated heterocycles. The van der Waals surface area contributed by atoms with Crippen molar-refractivity contribution in [3.05, 3.63) is 41.7 Å². The van der Waals surface area contributed by atoms with Gasteiger partial charge in [0.15, 0.2) is 5.82 Å². The number of aromatic nitrogens is 5. The maximum Gasteiger partial charge on any atom is 0.155 e. The first-order valence-electron chi connectivity index (χ1n) is 6.46. The molecule has 1 aromatic carbocycles. The van der Waals surface area contributed by atoms with E-state index in [0.717, 1.165) is 22.7 Å². The van der Waals surface area contributed by atoms with Gasteiger partial charge in [0, 0.05) is 7.05 Å². The van der Waals surface area contributed by atoms with Gasteiger partial charge in [0.25, 0.3) is 0 Å². The van der Waals surface area contributed by atoms with Crippen LogP contribution in [0.2, 0.25) is 0 Å². The van der Waals surface area contributed by atoms with Gasteiger partial charge in [-0.2, -0.15) is 5.26 Å². The molecule has 7 heteroatoms. The zero-order chi connectivity index (χ0) is 15.0. The first kappa shape index (κ1) is 13.6. The van der Waals surface area contributed by atoms with Gasteiger partial charge in [0.2, 0.25) is 0 Å². The lowest BCUT2D eigenvalue weighted by Gasteiger charge is -2.16. The quantitative estimate of drug-likeness (QED) is 0.696. The van der Waals surface area contributed by atoms with E-state index >= 15 is 0 Å². The molecule has 0 aliphatic rings. The Hall–Kier alpha value is -2.39. The Morgan fingerprint density at radius 2 is 2.24 bits per heavy atom. The van der Waals surface area contributed by atoms with Crippen molar-refractivity contribution < 1.29 is 0 Å². The van der Waals surface area contributed by atoms with Crippen LogP contribution in [0.4, 0.5) is 0 Å². The Kier molecular flexibility index (Phi) is 3.35. The van der Waals surface area contributed by atoms with E-state index in [9.17, 15) is 0 Å². The van der Waals surface area contributed by atoms with Gasteiger partial charge in [-0.25, -0.2) is 4.98 Å². The predicted molar refractivity (Wildman–Crippen MR) is 78.8 cm³/mol. The average molecular weight is 301 g/mol. The Labute approximate surface area is 126 Å². The number of halogens is 1. The summed E-state index contributed by atoms with van der Waals surface area (Å²) in [7, 11) is 1.89. The van der Waals surface area contributed by atoms with Crippen molar-refractivity contribution in [3.63, 3.8) is 0 Å². The molecule has 2 aromatic heterocycles. The first-order chi connectivity index (χ1) is 10.2. The van der Waals surface area contributed by atoms with Crippen LogP contribution in [-0.4, -0.2) is 24.3 Å². The van der Waals surface area contributed by atoms with Crippen molar-refractivity contribution in [2.24, 2.45) is 7.05 Å². The van der Waals surface area contributed by atoms with Crippen LogP contribution >= 0.6 is 11.6 Å². The minimum absolute atomic E-state index is 0.0785. The van der Waals surface area contributed by atoms with Gasteiger partial charge < -0.3 is 9.13 Å². The summed E-state index contributed by atoms with van der Waals surface area (Å²) in [6.07, 6.45) is 1.66. The van der Waals surface area contributed by atoms with Gasteiger partial charge in [-0.3, -0.25) is 0 Å². The number of hydrogen-bond donors (Lipinski definition) is 0. The van der Waals surface area contributed by atoms with Crippen molar-refractivity contribution in [2.75, 3.05) is 0 Å². The molecule has 1 unspecified atom stereocenters. The molecule has 2 heterocycles. The van der Waals surface area contributed by atoms with Crippen molar-refractivity contribution in [1.29, 1.82) is 5.26 Å². The number of fused-ring (bicyclic) bond motifs is 1. The van der Waals surface area contributed by atoms with Crippen molar-refractivity contribution in [1.82, 2.24) is 24.3 Å². The summed E-state index contributed by atoms with van der Waals surface area (Å²) in [5.41, 5.74) is 2.29. The molecular weight excluding hydrogens is 288 g/mol. The van der Waals surface area contributed by atoms with Crippen LogP contribution in [0.15, 0.2) is 24.5 Å². The van der Waals surface area contributed by atoms with E-state index in [4.69, 9.17) is 16.9 Å². The standard InChI is InChI=1S/C14H13ClN6/c1-9(14-19-17-8-20(14)2)21-12-5-10(7-16)3-4-11(12)18-13(21)6-15/h3-5,8-9H,6H2,1-2H3. The maximum absolute atomic E-state index is 9.09. The van der Waals surface area contributed by atoms with Gasteiger partial charge >= 0.3 is 0 Å². The van der Waals surface area contributed by atoms with E-state index in [1.165, 1.54) is 0 Å². The Bertz CT molecular complexity index is 841. The second-order valence-corrected chi connectivity index (χ2v) is 5.09. The highest BCUT2D eigenvalue weighted by Crippen LogP contribution is 2.26. The second-order valence-electron chi connectivity index (χ2n) is 4.82. The Balaban J connectivity index is 2.24. The highest BCUT2D eigenvalue weighted by atomic mass is 35.5. The van der Waals surface area contributed by atoms with Crippen molar-refractivity contribution in [3.8, 4) is 6.07 Å². The number of nitrogens with zero attached hydrogens (tertiary/aromatic N) is 6. The van der Waals surface area contributed by atoms with Gasteiger partial charge in [-0.05, 0) is 25.1 Å². The van der Waals surface area contributed by atoms with Crippen LogP contribution in [0.5, 0.6) is 0 Å². The number of hydrogen-bond acceptors (Lipinski definition) is 4. The van der Waals surface area contributed by atoms with Gasteiger partial charge in [-0.15, -0.1) is 21.8 Å². The summed E-state index contributed by atoms with van der Waals surface area (Å²) in [5, 5.41) is 17.2. The van der Waals surface area contributed by atoms with Crippen molar-refractivity contribution >= 4 is 22.6 Å². The normalized spacial score (nSPS) is 12.5. The zero-order valence-corrected chi connectivity index (χ0v) is 12.4. The van der Waals surface area contributed by atoms with Gasteiger partial charge in [0.1, 0.15) is 12.2 Å². The molecule has 0 amide bonds. The fraction of sp³-hybridized carbons (Fsp3) is 0.286. The van der Waals surface area contributed by atoms with Crippen LogP contribution in [0.25, 0.3) is 11.0 Å². The molecule has 0 aliphatic carbocycles. The van der Waals surface area contributed by atoms with E-state index in [1.807, 2.05) is 35.2 Å². The number of imidazole rings is 1. The van der Waals surface area contributed by atoms with Crippen LogP contribution in [0, 0.1) is 11.3 Å². The van der Waals surface area contributed by atoms with E-state index in [0.29, 0.717) is 11.4 Å². The molecule has 3 aromatic rings. The topological polar surface area (TPSA) is 72.3 Å². The summed E-state index contributed by atoms with van der Waals surface area (Å²) in [6.45, 7) is 2.01. The molecule has 0 N–H and O–H groups in total. The second kappa shape index (κ2) is 5.19. The third kappa shape index (κ3) is 2.16. The van der Waals surface area contributed by atoms with Crippen molar-refractivity contribution in [2.45, 2.75) is 18.8 Å². The summed E-state index contributed by atoms with van der Waals surface area (Å²) < 4.78 is 3.87. The van der Waals surface area contributed by atoms with E-state index in [1.54, 1.807) is 12.4 Å². The highest BCUT2D eigenvalue weighted by molar-refractivity contribution is 6.16. The lowest BCUT2D eigenvalue weighted by atomic mass is 10.2. The van der Waals surface area contributed by atoms with E-state index in [2.05, 4.69) is 21.3 Å². The van der Waals surface area contributed by atoms with Gasteiger partial charge in [-0.1, -0.05) is 0 Å². The molecule has 0 spiro atoms. The number of alkyl halides is 1. The van der Waals surface area contributed by atoms with E-state index in [-0.39, 0.29) is 6.04 Å². The third-order valence-electron chi connectivity index (χ3n) is 3.52. The van der Waals surface area contributed by atoms with Crippen LogP contribution in [-0.2, 0) is 12.9 Å². The van der Waals surface area contributed by atoms with Crippen LogP contribution in [0.3, 0.4) is 0 Å². The molecule has 0 fully saturated rings. The van der Waals surface area contributed by atoms with Crippen LogP contribution in [0.1, 0.15) is 30.2 Å². The molecule has 3 rings (SSSR count). The van der Waals surface area contributed by atoms with Gasteiger partial charge in [0.05, 0.1) is 34.6 Å². The highest BCUT2D eigenvalue weighted by Gasteiger charge is 2.20. The molecule has 21 heavy (non-hydrogen) atoms. The molecule has 6 nitrogen and oxygen atoms in total. The molecular formula is C14H13ClN6. The maximum atomic E-state index is 9.09. The Morgan fingerprint density at radius 3 is 2.86 bits per heavy atom. The minimum Gasteiger partial charge on any atom is -0.319 e. The number of benzene rings is 1. The summed E-state index contributed by atoms with van der Waals surface area (Å²) in [4.78, 5) is 4.53. The molecule has 1 atom stereocenters. The Morgan fingerprint density at radius 1 is 1.43 bits per heavy atom. The number of nitriles is 1. The molecule has 106 valence electrons. The fourth-order valence-electron chi connectivity index (χ4n) is 2.52. The summed E-state index contributed by atoms with van der Waals surface area (Å²) >= 11 is 6.03. The average Bonchev–Trinajstić information content (AvgIpc) is 3.08. The number of rotatable bonds is 3. The molecule has 0 aliphatic heterocycles. The van der Waals surface area contributed by atoms with Crippen LogP contribution < -0.4 is 0 Å². The SMILES string of the molecule is CC(c1nncn1C)n1c(CCl)nc2ccc(C#N)cc21. The summed E-state index contributed by atoms with van der Waals surface area (Å²) in [5.74, 6) is 1.85. The number of aryl methyl sites for hydroxylation is 1. The van der Waals surface area contributed by atoms with E-state index < -0.39 is 0 Å². The molecule has 0 radical (unpaired) electrons. The minimum atomic E-state index is -0.0785. The first-order valence-corrected chi connectivity index (χ1v) is 7.00. The summed E-state index contributed by atoms with van der Waals surface area (Å²) in [6, 6.07) is 7.49. The largest absolute Gasteiger partial charge is 0.319 e. The molecule has 0 saturated carbocycles. The lowest BCUT2D eigenvalue weighted by Crippen LogP contribution is -2.14. The monoisotopic (exact) mass is 300 g/mol. The third-order valence-corrected chi connectivity index (χ3v) is 3.76. The lowest BCUT2D eigenvalue weighted by molar-refractivity contribution is 0.572. The molecule has 0 bridgehead atoms.